The maximum absolute atomic E-state index is 12.7. The summed E-state index contributed by atoms with van der Waals surface area (Å²) in [5.74, 6) is -2.95. The summed E-state index contributed by atoms with van der Waals surface area (Å²) in [6.45, 7) is 9.30. The third-order valence-corrected chi connectivity index (χ3v) is 5.08. The van der Waals surface area contributed by atoms with Gasteiger partial charge in [0.15, 0.2) is 0 Å². The number of benzene rings is 1. The van der Waals surface area contributed by atoms with E-state index < -0.39 is 35.2 Å². The smallest absolute Gasteiger partial charge is 0.312 e. The zero-order chi connectivity index (χ0) is 25.9. The molecule has 2 unspecified atom stereocenters. The first-order chi connectivity index (χ1) is 15.9. The van der Waals surface area contributed by atoms with Crippen molar-refractivity contribution in [1.29, 1.82) is 5.26 Å². The highest BCUT2D eigenvalue weighted by Crippen LogP contribution is 2.24. The minimum Gasteiger partial charge on any atom is -0.343 e. The minimum absolute atomic E-state index is 0.0753. The lowest BCUT2D eigenvalue weighted by Crippen LogP contribution is -2.51. The third-order valence-electron chi connectivity index (χ3n) is 5.08. The Kier molecular flexibility index (Phi) is 11.2. The van der Waals surface area contributed by atoms with E-state index in [9.17, 15) is 24.4 Å². The summed E-state index contributed by atoms with van der Waals surface area (Å²) >= 11 is 0. The molecule has 2 atom stereocenters. The Balaban J connectivity index is 0.00000133. The number of hydrogen-bond acceptors (Lipinski definition) is 5. The van der Waals surface area contributed by atoms with E-state index in [1.165, 1.54) is 24.8 Å². The zero-order valence-electron chi connectivity index (χ0n) is 21.1. The van der Waals surface area contributed by atoms with Gasteiger partial charge in [-0.25, -0.2) is 0 Å². The molecule has 4 amide bonds. The molecule has 186 valence electrons. The Labute approximate surface area is 202 Å². The molecule has 1 aliphatic heterocycles. The Morgan fingerprint density at radius 2 is 1.71 bits per heavy atom. The van der Waals surface area contributed by atoms with Crippen LogP contribution < -0.4 is 10.6 Å². The van der Waals surface area contributed by atoms with Gasteiger partial charge >= 0.3 is 11.8 Å². The highest BCUT2D eigenvalue weighted by atomic mass is 16.2. The Bertz CT molecular complexity index is 887. The minimum atomic E-state index is -0.843. The molecule has 2 N–H and O–H groups in total. The van der Waals surface area contributed by atoms with Gasteiger partial charge in [0.1, 0.15) is 6.04 Å². The van der Waals surface area contributed by atoms with Crippen molar-refractivity contribution >= 4 is 29.3 Å². The number of hydrogen-bond donors (Lipinski definition) is 2. The normalized spacial score (nSPS) is 17.0. The number of anilines is 1. The summed E-state index contributed by atoms with van der Waals surface area (Å²) in [5, 5.41) is 14.7. The lowest BCUT2D eigenvalue weighted by Gasteiger charge is -2.25. The van der Waals surface area contributed by atoms with Crippen molar-refractivity contribution in [2.45, 2.75) is 65.5 Å². The van der Waals surface area contributed by atoms with E-state index in [1.54, 1.807) is 45.0 Å². The summed E-state index contributed by atoms with van der Waals surface area (Å²) in [5.41, 5.74) is 0.0496. The van der Waals surface area contributed by atoms with Crippen molar-refractivity contribution < 1.29 is 19.2 Å². The topological polar surface area (TPSA) is 123 Å². The molecule has 9 heteroatoms. The summed E-state index contributed by atoms with van der Waals surface area (Å²) < 4.78 is 0. The lowest BCUT2D eigenvalue weighted by molar-refractivity contribution is -0.148. The Morgan fingerprint density at radius 1 is 1.12 bits per heavy atom. The van der Waals surface area contributed by atoms with E-state index in [-0.39, 0.29) is 25.4 Å². The van der Waals surface area contributed by atoms with E-state index in [4.69, 9.17) is 0 Å². The molecular formula is C25H37N5O4. The second-order valence-corrected chi connectivity index (χ2v) is 9.34. The second-order valence-electron chi connectivity index (χ2n) is 9.34. The van der Waals surface area contributed by atoms with Crippen molar-refractivity contribution in [3.05, 3.63) is 30.3 Å². The highest BCUT2D eigenvalue weighted by Gasteiger charge is 2.39. The maximum atomic E-state index is 12.7. The standard InChI is InChI=1S/C21H27N5O4.C4H10/c1-21(2,3)24-19(29)20(30)25(4)13-17(27)26-12-14(10-16(26)11-22)18(28)23-15-8-6-5-7-9-15;1-3-4-2/h5-9,14,16H,10,12-13H2,1-4H3,(H,23,28)(H,24,29);3-4H2,1-2H3. The Hall–Kier alpha value is -3.41. The number of nitrogens with zero attached hydrogens (tertiary/aromatic N) is 3. The molecule has 0 saturated carbocycles. The number of nitrogens with one attached hydrogen (secondary N) is 2. The van der Waals surface area contributed by atoms with E-state index in [1.807, 2.05) is 12.1 Å². The third kappa shape index (κ3) is 9.22. The molecule has 0 spiro atoms. The number of para-hydroxylation sites is 1. The van der Waals surface area contributed by atoms with E-state index >= 15 is 0 Å². The molecule has 1 aromatic carbocycles. The first kappa shape index (κ1) is 28.6. The second kappa shape index (κ2) is 13.3. The predicted molar refractivity (Wildman–Crippen MR) is 130 cm³/mol. The zero-order valence-corrected chi connectivity index (χ0v) is 21.1. The SMILES string of the molecule is CCCC.CN(CC(=O)N1CC(C(=O)Nc2ccccc2)CC1C#N)C(=O)C(=O)NC(C)(C)C. The number of unbranched alkanes of at least 4 members (excludes halogenated alkanes) is 1. The van der Waals surface area contributed by atoms with Crippen molar-refractivity contribution in [3.8, 4) is 6.07 Å². The molecule has 0 radical (unpaired) electrons. The van der Waals surface area contributed by atoms with Gasteiger partial charge in [0.25, 0.3) is 0 Å². The molecule has 1 aliphatic rings. The largest absolute Gasteiger partial charge is 0.343 e. The molecule has 1 heterocycles. The van der Waals surface area contributed by atoms with Crippen LogP contribution in [0.3, 0.4) is 0 Å². The van der Waals surface area contributed by atoms with Crippen LogP contribution in [0.15, 0.2) is 30.3 Å². The van der Waals surface area contributed by atoms with Crippen LogP contribution in [0.25, 0.3) is 0 Å². The van der Waals surface area contributed by atoms with Crippen LogP contribution in [0.5, 0.6) is 0 Å². The number of rotatable bonds is 5. The van der Waals surface area contributed by atoms with Gasteiger partial charge < -0.3 is 20.4 Å². The van der Waals surface area contributed by atoms with Gasteiger partial charge in [-0.05, 0) is 39.3 Å². The van der Waals surface area contributed by atoms with Crippen LogP contribution >= 0.6 is 0 Å². The fourth-order valence-electron chi connectivity index (χ4n) is 3.12. The number of carbonyl (C=O) groups excluding carboxylic acids is 4. The van der Waals surface area contributed by atoms with E-state index in [0.29, 0.717) is 5.69 Å². The van der Waals surface area contributed by atoms with Crippen LogP contribution in [0.4, 0.5) is 5.69 Å². The van der Waals surface area contributed by atoms with Crippen molar-refractivity contribution in [3.63, 3.8) is 0 Å². The molecule has 9 nitrogen and oxygen atoms in total. The average Bonchev–Trinajstić information content (AvgIpc) is 3.23. The van der Waals surface area contributed by atoms with Gasteiger partial charge in [0, 0.05) is 24.8 Å². The van der Waals surface area contributed by atoms with Crippen molar-refractivity contribution in [1.82, 2.24) is 15.1 Å². The van der Waals surface area contributed by atoms with Crippen LogP contribution in [0.2, 0.25) is 0 Å². The monoisotopic (exact) mass is 471 g/mol. The van der Waals surface area contributed by atoms with Crippen LogP contribution in [-0.2, 0) is 19.2 Å². The maximum Gasteiger partial charge on any atom is 0.312 e. The first-order valence-corrected chi connectivity index (χ1v) is 11.6. The summed E-state index contributed by atoms with van der Waals surface area (Å²) in [7, 11) is 1.35. The summed E-state index contributed by atoms with van der Waals surface area (Å²) in [4.78, 5) is 51.7. The molecule has 0 aromatic heterocycles. The van der Waals surface area contributed by atoms with E-state index in [2.05, 4.69) is 24.5 Å². The lowest BCUT2D eigenvalue weighted by atomic mass is 10.1. The molecule has 0 bridgehead atoms. The summed E-state index contributed by atoms with van der Waals surface area (Å²) in [6, 6.07) is 10.2. The number of carbonyl (C=O) groups is 4. The highest BCUT2D eigenvalue weighted by molar-refractivity contribution is 6.35. The van der Waals surface area contributed by atoms with Gasteiger partial charge in [-0.3, -0.25) is 19.2 Å². The van der Waals surface area contributed by atoms with Crippen LogP contribution in [0, 0.1) is 17.2 Å². The molecule has 1 fully saturated rings. The van der Waals surface area contributed by atoms with E-state index in [0.717, 1.165) is 4.90 Å². The van der Waals surface area contributed by atoms with Crippen LogP contribution in [0.1, 0.15) is 53.9 Å². The number of amides is 4. The quantitative estimate of drug-likeness (QED) is 0.639. The van der Waals surface area contributed by atoms with Crippen molar-refractivity contribution in [2.75, 3.05) is 25.5 Å². The number of nitriles is 1. The first-order valence-electron chi connectivity index (χ1n) is 11.6. The Morgan fingerprint density at radius 3 is 2.21 bits per heavy atom. The molecule has 1 aromatic rings. The van der Waals surface area contributed by atoms with Gasteiger partial charge in [-0.1, -0.05) is 44.9 Å². The predicted octanol–water partition coefficient (Wildman–Crippen LogP) is 2.55. The summed E-state index contributed by atoms with van der Waals surface area (Å²) in [6.07, 6.45) is 2.85. The molecule has 0 aliphatic carbocycles. The fraction of sp³-hybridized carbons (Fsp3) is 0.560. The molecular weight excluding hydrogens is 434 g/mol. The molecule has 2 rings (SSSR count). The average molecular weight is 472 g/mol. The van der Waals surface area contributed by atoms with Gasteiger partial charge in [0.05, 0.1) is 18.5 Å². The van der Waals surface area contributed by atoms with Crippen LogP contribution in [-0.4, -0.2) is 65.1 Å². The van der Waals surface area contributed by atoms with Crippen molar-refractivity contribution in [2.24, 2.45) is 5.92 Å². The fourth-order valence-corrected chi connectivity index (χ4v) is 3.12. The number of likely N-dealkylation sites (N-methyl/N-ethyl adjacent to an activating group) is 1. The van der Waals surface area contributed by atoms with Gasteiger partial charge in [-0.15, -0.1) is 0 Å². The van der Waals surface area contributed by atoms with Gasteiger partial charge in [0.2, 0.25) is 11.8 Å². The van der Waals surface area contributed by atoms with Gasteiger partial charge in [-0.2, -0.15) is 5.26 Å². The number of likely N-dealkylation sites (tertiary alicyclic amines) is 1. The molecule has 34 heavy (non-hydrogen) atoms. The molecule has 1 saturated heterocycles.